The molecule has 0 amide bonds. The van der Waals surface area contributed by atoms with Gasteiger partial charge in [0.05, 0.1) is 14.2 Å². The number of fused-ring (bicyclic) bond motifs is 1. The first-order valence-electron chi connectivity index (χ1n) is 6.57. The van der Waals surface area contributed by atoms with Gasteiger partial charge in [-0.3, -0.25) is 0 Å². The standard InChI is InChI=1S/C17H17O3/c1-11-9-12-5-4-6-15(17(12)20-11)14-8-7-13(18-2)10-16(14)19-3/h4-8,10-11H,1,9H2,2-3H3. The predicted molar refractivity (Wildman–Crippen MR) is 78.5 cm³/mol. The Morgan fingerprint density at radius 2 is 1.95 bits per heavy atom. The molecule has 1 radical (unpaired) electrons. The molecule has 2 aromatic rings. The topological polar surface area (TPSA) is 27.7 Å². The van der Waals surface area contributed by atoms with Crippen molar-refractivity contribution in [2.45, 2.75) is 12.5 Å². The molecule has 3 rings (SSSR count). The van der Waals surface area contributed by atoms with Gasteiger partial charge in [-0.05, 0) is 24.6 Å². The minimum atomic E-state index is -0.0182. The summed E-state index contributed by atoms with van der Waals surface area (Å²) in [6.07, 6.45) is 0.831. The van der Waals surface area contributed by atoms with Crippen LogP contribution in [0.4, 0.5) is 0 Å². The zero-order valence-corrected chi connectivity index (χ0v) is 11.7. The lowest BCUT2D eigenvalue weighted by atomic mass is 10.00. The van der Waals surface area contributed by atoms with E-state index in [-0.39, 0.29) is 6.10 Å². The van der Waals surface area contributed by atoms with Crippen LogP contribution in [0, 0.1) is 6.92 Å². The van der Waals surface area contributed by atoms with Gasteiger partial charge in [-0.25, -0.2) is 0 Å². The van der Waals surface area contributed by atoms with Crippen molar-refractivity contribution in [2.24, 2.45) is 0 Å². The number of para-hydroxylation sites is 1. The Morgan fingerprint density at radius 3 is 2.70 bits per heavy atom. The summed E-state index contributed by atoms with van der Waals surface area (Å²) in [5.74, 6) is 2.46. The molecule has 3 heteroatoms. The van der Waals surface area contributed by atoms with Crippen LogP contribution < -0.4 is 14.2 Å². The second-order valence-corrected chi connectivity index (χ2v) is 4.80. The minimum absolute atomic E-state index is 0.0182. The molecule has 0 saturated heterocycles. The molecule has 0 fully saturated rings. The molecule has 103 valence electrons. The number of methoxy groups -OCH3 is 2. The molecule has 3 nitrogen and oxygen atoms in total. The fourth-order valence-electron chi connectivity index (χ4n) is 2.57. The summed E-state index contributed by atoms with van der Waals surface area (Å²) in [6.45, 7) is 3.98. The summed E-state index contributed by atoms with van der Waals surface area (Å²) < 4.78 is 16.6. The van der Waals surface area contributed by atoms with Crippen molar-refractivity contribution >= 4 is 0 Å². The van der Waals surface area contributed by atoms with E-state index < -0.39 is 0 Å². The van der Waals surface area contributed by atoms with Crippen LogP contribution in [0.1, 0.15) is 5.56 Å². The molecule has 2 aromatic carbocycles. The van der Waals surface area contributed by atoms with Crippen LogP contribution in [0.25, 0.3) is 11.1 Å². The van der Waals surface area contributed by atoms with Gasteiger partial charge < -0.3 is 14.2 Å². The molecule has 0 aliphatic carbocycles. The van der Waals surface area contributed by atoms with E-state index in [0.29, 0.717) is 0 Å². The van der Waals surface area contributed by atoms with Crippen molar-refractivity contribution in [1.29, 1.82) is 0 Å². The molecule has 0 saturated carbocycles. The van der Waals surface area contributed by atoms with Gasteiger partial charge >= 0.3 is 0 Å². The Hall–Kier alpha value is -2.16. The lowest BCUT2D eigenvalue weighted by molar-refractivity contribution is 0.282. The largest absolute Gasteiger partial charge is 0.497 e. The molecule has 0 N–H and O–H groups in total. The lowest BCUT2D eigenvalue weighted by Crippen LogP contribution is -2.06. The van der Waals surface area contributed by atoms with Gasteiger partial charge in [-0.2, -0.15) is 0 Å². The third-order valence-electron chi connectivity index (χ3n) is 3.53. The van der Waals surface area contributed by atoms with Gasteiger partial charge in [-0.15, -0.1) is 0 Å². The zero-order valence-electron chi connectivity index (χ0n) is 11.7. The van der Waals surface area contributed by atoms with Crippen molar-refractivity contribution in [1.82, 2.24) is 0 Å². The van der Waals surface area contributed by atoms with Gasteiger partial charge in [0, 0.05) is 23.6 Å². The van der Waals surface area contributed by atoms with E-state index in [2.05, 4.69) is 13.0 Å². The molecule has 1 aliphatic rings. The monoisotopic (exact) mass is 269 g/mol. The predicted octanol–water partition coefficient (Wildman–Crippen LogP) is 3.51. The first-order chi connectivity index (χ1) is 9.72. The SMILES string of the molecule is [CH2]C1Cc2cccc(-c3ccc(OC)cc3OC)c2O1. The first-order valence-corrected chi connectivity index (χ1v) is 6.57. The van der Waals surface area contributed by atoms with Crippen molar-refractivity contribution in [3.8, 4) is 28.4 Å². The molecule has 1 unspecified atom stereocenters. The van der Waals surface area contributed by atoms with Crippen molar-refractivity contribution in [3.05, 3.63) is 48.9 Å². The summed E-state index contributed by atoms with van der Waals surface area (Å²) in [5.41, 5.74) is 3.23. The highest BCUT2D eigenvalue weighted by molar-refractivity contribution is 5.78. The van der Waals surface area contributed by atoms with E-state index in [9.17, 15) is 0 Å². The number of rotatable bonds is 3. The number of hydrogen-bond donors (Lipinski definition) is 0. The van der Waals surface area contributed by atoms with Crippen LogP contribution in [0.15, 0.2) is 36.4 Å². The number of benzene rings is 2. The quantitative estimate of drug-likeness (QED) is 0.853. The highest BCUT2D eigenvalue weighted by Gasteiger charge is 2.23. The van der Waals surface area contributed by atoms with E-state index >= 15 is 0 Å². The van der Waals surface area contributed by atoms with Crippen LogP contribution in [-0.4, -0.2) is 20.3 Å². The maximum absolute atomic E-state index is 5.85. The Bertz CT molecular complexity index is 634. The van der Waals surface area contributed by atoms with Crippen molar-refractivity contribution < 1.29 is 14.2 Å². The second kappa shape index (κ2) is 5.08. The highest BCUT2D eigenvalue weighted by atomic mass is 16.5. The second-order valence-electron chi connectivity index (χ2n) is 4.80. The highest BCUT2D eigenvalue weighted by Crippen LogP contribution is 2.42. The normalized spacial score (nSPS) is 16.4. The summed E-state index contributed by atoms with van der Waals surface area (Å²) in [5, 5.41) is 0. The molecule has 1 heterocycles. The van der Waals surface area contributed by atoms with Crippen LogP contribution >= 0.6 is 0 Å². The molecule has 0 bridgehead atoms. The van der Waals surface area contributed by atoms with Crippen LogP contribution in [0.2, 0.25) is 0 Å². The molecule has 0 spiro atoms. The van der Waals surface area contributed by atoms with E-state index in [4.69, 9.17) is 14.2 Å². The van der Waals surface area contributed by atoms with Crippen molar-refractivity contribution in [3.63, 3.8) is 0 Å². The van der Waals surface area contributed by atoms with Crippen LogP contribution in [0.3, 0.4) is 0 Å². The maximum atomic E-state index is 5.85. The van der Waals surface area contributed by atoms with E-state index in [1.807, 2.05) is 30.3 Å². The molecule has 20 heavy (non-hydrogen) atoms. The summed E-state index contributed by atoms with van der Waals surface area (Å²) in [4.78, 5) is 0. The third-order valence-corrected chi connectivity index (χ3v) is 3.53. The van der Waals surface area contributed by atoms with Gasteiger partial charge in [-0.1, -0.05) is 18.2 Å². The Balaban J connectivity index is 2.13. The molecule has 0 aromatic heterocycles. The van der Waals surface area contributed by atoms with E-state index in [1.54, 1.807) is 14.2 Å². The van der Waals surface area contributed by atoms with Crippen LogP contribution in [0.5, 0.6) is 17.2 Å². The molecular weight excluding hydrogens is 252 g/mol. The molecule has 1 aliphatic heterocycles. The minimum Gasteiger partial charge on any atom is -0.497 e. The molecular formula is C17H17O3. The average Bonchev–Trinajstić information content (AvgIpc) is 2.86. The van der Waals surface area contributed by atoms with Crippen LogP contribution in [-0.2, 0) is 6.42 Å². The number of hydrogen-bond acceptors (Lipinski definition) is 3. The third kappa shape index (κ3) is 2.09. The molecule has 1 atom stereocenters. The average molecular weight is 269 g/mol. The van der Waals surface area contributed by atoms with Gasteiger partial charge in [0.2, 0.25) is 0 Å². The van der Waals surface area contributed by atoms with Gasteiger partial charge in [0.15, 0.2) is 0 Å². The first kappa shape index (κ1) is 12.9. The summed E-state index contributed by atoms with van der Waals surface area (Å²) >= 11 is 0. The Morgan fingerprint density at radius 1 is 1.10 bits per heavy atom. The summed E-state index contributed by atoms with van der Waals surface area (Å²) in [7, 11) is 3.30. The summed E-state index contributed by atoms with van der Waals surface area (Å²) in [6, 6.07) is 12.0. The Labute approximate surface area is 119 Å². The lowest BCUT2D eigenvalue weighted by Gasteiger charge is -2.14. The van der Waals surface area contributed by atoms with E-state index in [0.717, 1.165) is 34.8 Å². The fraction of sp³-hybridized carbons (Fsp3) is 0.235. The zero-order chi connectivity index (χ0) is 14.1. The Kier molecular flexibility index (Phi) is 3.26. The van der Waals surface area contributed by atoms with Crippen molar-refractivity contribution in [2.75, 3.05) is 14.2 Å². The maximum Gasteiger partial charge on any atom is 0.131 e. The number of ether oxygens (including phenoxy) is 3. The van der Waals surface area contributed by atoms with E-state index in [1.165, 1.54) is 5.56 Å². The smallest absolute Gasteiger partial charge is 0.131 e. The fourth-order valence-corrected chi connectivity index (χ4v) is 2.57. The van der Waals surface area contributed by atoms with Gasteiger partial charge in [0.1, 0.15) is 23.4 Å². The van der Waals surface area contributed by atoms with Gasteiger partial charge in [0.25, 0.3) is 0 Å².